The predicted molar refractivity (Wildman–Crippen MR) is 89.5 cm³/mol. The van der Waals surface area contributed by atoms with Crippen LogP contribution in [0.4, 0.5) is 24.5 Å². The number of Topliss-reactive ketones (excluding diaryl/α,β-unsaturated/α-hetero) is 2. The maximum absolute atomic E-state index is 12.8. The Balaban J connectivity index is 1.69. The predicted octanol–water partition coefficient (Wildman–Crippen LogP) is 2.28. The molecule has 1 heterocycles. The first-order valence-electron chi connectivity index (χ1n) is 8.55. The van der Waals surface area contributed by atoms with E-state index in [0.717, 1.165) is 12.1 Å². The van der Waals surface area contributed by atoms with E-state index in [9.17, 15) is 32.9 Å². The Kier molecular flexibility index (Phi) is 5.18. The Morgan fingerprint density at radius 1 is 1.07 bits per heavy atom. The molecule has 0 spiro atoms. The fourth-order valence-electron chi connectivity index (χ4n) is 3.52. The minimum absolute atomic E-state index is 0.0548. The summed E-state index contributed by atoms with van der Waals surface area (Å²) in [7, 11) is 0. The molecule has 1 aliphatic carbocycles. The van der Waals surface area contributed by atoms with Gasteiger partial charge in [-0.25, -0.2) is 0 Å². The second kappa shape index (κ2) is 7.26. The number of nitro groups is 1. The first kappa shape index (κ1) is 19.3. The molecule has 1 aliphatic heterocycles. The summed E-state index contributed by atoms with van der Waals surface area (Å²) in [5.74, 6) is -0.710. The van der Waals surface area contributed by atoms with Crippen molar-refractivity contribution >= 4 is 22.9 Å². The summed E-state index contributed by atoms with van der Waals surface area (Å²) in [6, 6.07) is 2.52. The topological polar surface area (TPSA) is 83.8 Å². The Morgan fingerprint density at radius 3 is 2.19 bits per heavy atom. The average molecular weight is 385 g/mol. The highest BCUT2D eigenvalue weighted by Crippen LogP contribution is 2.36. The van der Waals surface area contributed by atoms with Gasteiger partial charge < -0.3 is 4.90 Å². The van der Waals surface area contributed by atoms with E-state index in [1.165, 1.54) is 0 Å². The molecule has 146 valence electrons. The van der Waals surface area contributed by atoms with E-state index in [4.69, 9.17) is 0 Å². The van der Waals surface area contributed by atoms with Crippen molar-refractivity contribution in [3.63, 3.8) is 0 Å². The Labute approximate surface area is 152 Å². The number of carbonyl (C=O) groups excluding carboxylic acids is 2. The van der Waals surface area contributed by atoms with Gasteiger partial charge in [-0.05, 0) is 12.1 Å². The molecule has 2 aliphatic rings. The van der Waals surface area contributed by atoms with Gasteiger partial charge >= 0.3 is 6.18 Å². The molecule has 10 heteroatoms. The smallest absolute Gasteiger partial charge is 0.363 e. The lowest BCUT2D eigenvalue weighted by Crippen LogP contribution is -2.49. The van der Waals surface area contributed by atoms with Crippen molar-refractivity contribution in [3.8, 4) is 0 Å². The van der Waals surface area contributed by atoms with Crippen LogP contribution in [0.2, 0.25) is 0 Å². The second-order valence-electron chi connectivity index (χ2n) is 6.73. The minimum atomic E-state index is -4.65. The summed E-state index contributed by atoms with van der Waals surface area (Å²) >= 11 is 0. The summed E-state index contributed by atoms with van der Waals surface area (Å²) in [6.07, 6.45) is -4.09. The zero-order valence-corrected chi connectivity index (χ0v) is 14.4. The molecular formula is C17H18F3N3O4. The van der Waals surface area contributed by atoms with Crippen LogP contribution in [-0.2, 0) is 15.8 Å². The number of anilines is 1. The first-order valence-corrected chi connectivity index (χ1v) is 8.55. The molecule has 0 radical (unpaired) electrons. The van der Waals surface area contributed by atoms with Gasteiger partial charge in [0, 0.05) is 51.6 Å². The molecule has 1 saturated heterocycles. The van der Waals surface area contributed by atoms with Gasteiger partial charge in [-0.1, -0.05) is 0 Å². The lowest BCUT2D eigenvalue weighted by atomic mass is 10.1. The van der Waals surface area contributed by atoms with Gasteiger partial charge in [0.25, 0.3) is 5.69 Å². The third-order valence-electron chi connectivity index (χ3n) is 5.05. The Hall–Kier alpha value is -2.49. The van der Waals surface area contributed by atoms with Crippen molar-refractivity contribution in [3.05, 3.63) is 33.9 Å². The lowest BCUT2D eigenvalue weighted by Gasteiger charge is -2.36. The number of alkyl halides is 3. The van der Waals surface area contributed by atoms with Crippen LogP contribution in [0.15, 0.2) is 18.2 Å². The van der Waals surface area contributed by atoms with Crippen LogP contribution in [-0.4, -0.2) is 54.1 Å². The number of ketones is 2. The summed E-state index contributed by atoms with van der Waals surface area (Å²) in [5.41, 5.74) is -1.50. The summed E-state index contributed by atoms with van der Waals surface area (Å²) in [5, 5.41) is 11.2. The number of halogens is 3. The van der Waals surface area contributed by atoms with Crippen LogP contribution >= 0.6 is 0 Å². The number of benzene rings is 1. The van der Waals surface area contributed by atoms with E-state index in [0.29, 0.717) is 38.8 Å². The van der Waals surface area contributed by atoms with Crippen molar-refractivity contribution in [2.45, 2.75) is 19.0 Å². The van der Waals surface area contributed by atoms with Crippen LogP contribution in [0, 0.1) is 16.0 Å². The van der Waals surface area contributed by atoms with Gasteiger partial charge in [0.1, 0.15) is 17.3 Å². The molecule has 7 nitrogen and oxygen atoms in total. The number of hydrogen-bond acceptors (Lipinski definition) is 6. The lowest BCUT2D eigenvalue weighted by molar-refractivity contribution is -0.384. The van der Waals surface area contributed by atoms with Gasteiger partial charge in [0.05, 0.1) is 16.4 Å². The van der Waals surface area contributed by atoms with Crippen molar-refractivity contribution in [2.75, 3.05) is 37.6 Å². The maximum atomic E-state index is 12.8. The largest absolute Gasteiger partial charge is 0.416 e. The minimum Gasteiger partial charge on any atom is -0.363 e. The molecule has 0 N–H and O–H groups in total. The highest BCUT2D eigenvalue weighted by molar-refractivity contribution is 6.08. The first-order chi connectivity index (χ1) is 12.7. The number of hydrogen-bond donors (Lipinski definition) is 0. The van der Waals surface area contributed by atoms with Crippen molar-refractivity contribution in [2.24, 2.45) is 5.92 Å². The molecule has 0 unspecified atom stereocenters. The van der Waals surface area contributed by atoms with E-state index in [1.54, 1.807) is 4.90 Å². The molecule has 1 saturated carbocycles. The van der Waals surface area contributed by atoms with Crippen LogP contribution in [0.1, 0.15) is 18.4 Å². The van der Waals surface area contributed by atoms with Crippen LogP contribution < -0.4 is 4.90 Å². The van der Waals surface area contributed by atoms with Crippen LogP contribution in [0.3, 0.4) is 0 Å². The number of piperazine rings is 1. The van der Waals surface area contributed by atoms with Gasteiger partial charge in [-0.15, -0.1) is 0 Å². The maximum Gasteiger partial charge on any atom is 0.416 e. The molecule has 27 heavy (non-hydrogen) atoms. The van der Waals surface area contributed by atoms with Crippen molar-refractivity contribution < 1.29 is 27.7 Å². The Morgan fingerprint density at radius 2 is 1.67 bits per heavy atom. The molecule has 0 bridgehead atoms. The number of nitrogens with zero attached hydrogens (tertiary/aromatic N) is 3. The number of rotatable bonds is 4. The third kappa shape index (κ3) is 4.10. The quantitative estimate of drug-likeness (QED) is 0.449. The highest BCUT2D eigenvalue weighted by Gasteiger charge is 2.36. The number of nitro benzene ring substituents is 1. The second-order valence-corrected chi connectivity index (χ2v) is 6.73. The van der Waals surface area contributed by atoms with Gasteiger partial charge in [-0.2, -0.15) is 13.2 Å². The van der Waals surface area contributed by atoms with Gasteiger partial charge in [0.2, 0.25) is 0 Å². The number of carbonyl (C=O) groups is 2. The molecule has 2 fully saturated rings. The van der Waals surface area contributed by atoms with Crippen LogP contribution in [0.25, 0.3) is 0 Å². The molecule has 1 aromatic rings. The van der Waals surface area contributed by atoms with E-state index in [2.05, 4.69) is 0 Å². The molecular weight excluding hydrogens is 367 g/mol. The molecule has 0 aromatic heterocycles. The normalized spacial score (nSPS) is 19.7. The fraction of sp³-hybridized carbons (Fsp3) is 0.529. The summed E-state index contributed by atoms with van der Waals surface area (Å²) < 4.78 is 38.4. The zero-order valence-electron chi connectivity index (χ0n) is 14.4. The van der Waals surface area contributed by atoms with Gasteiger partial charge in [-0.3, -0.25) is 24.6 Å². The standard InChI is InChI=1S/C17H18F3N3O4/c18-17(19,20)11-1-2-13(14(9-11)23(26)27)22-7-5-21(6-8-22)10-12-15(24)3-4-16(12)25/h1-2,9,12H,3-8,10H2. The molecule has 0 atom stereocenters. The van der Waals surface area contributed by atoms with Crippen molar-refractivity contribution in [1.29, 1.82) is 0 Å². The molecule has 1 aromatic carbocycles. The SMILES string of the molecule is O=C1CCC(=O)C1CN1CCN(c2ccc(C(F)(F)F)cc2[N+](=O)[O-])CC1. The van der Waals surface area contributed by atoms with E-state index in [-0.39, 0.29) is 30.1 Å². The van der Waals surface area contributed by atoms with E-state index < -0.39 is 28.3 Å². The Bertz CT molecular complexity index is 757. The van der Waals surface area contributed by atoms with Gasteiger partial charge in [0.15, 0.2) is 0 Å². The monoisotopic (exact) mass is 385 g/mol. The van der Waals surface area contributed by atoms with E-state index >= 15 is 0 Å². The van der Waals surface area contributed by atoms with E-state index in [1.807, 2.05) is 4.90 Å². The fourth-order valence-corrected chi connectivity index (χ4v) is 3.52. The highest BCUT2D eigenvalue weighted by atomic mass is 19.4. The third-order valence-corrected chi connectivity index (χ3v) is 5.05. The summed E-state index contributed by atoms with van der Waals surface area (Å²) in [4.78, 5) is 37.5. The summed E-state index contributed by atoms with van der Waals surface area (Å²) in [6.45, 7) is 1.99. The van der Waals surface area contributed by atoms with Crippen LogP contribution in [0.5, 0.6) is 0 Å². The molecule has 3 rings (SSSR count). The molecule has 0 amide bonds. The average Bonchev–Trinajstić information content (AvgIpc) is 2.93. The van der Waals surface area contributed by atoms with Crippen molar-refractivity contribution in [1.82, 2.24) is 4.90 Å². The zero-order chi connectivity index (χ0) is 19.8.